The van der Waals surface area contributed by atoms with Crippen LogP contribution >= 0.6 is 0 Å². The minimum absolute atomic E-state index is 0.0694. The van der Waals surface area contributed by atoms with Crippen LogP contribution in [0.3, 0.4) is 0 Å². The third kappa shape index (κ3) is 23.0. The molecule has 0 atom stereocenters. The molecule has 0 aliphatic heterocycles. The van der Waals surface area contributed by atoms with E-state index in [0.717, 1.165) is 0 Å². The summed E-state index contributed by atoms with van der Waals surface area (Å²) in [5.74, 6) is -1.75. The molecule has 0 rings (SSSR count). The maximum absolute atomic E-state index is 10.00. The second kappa shape index (κ2) is 6.44. The van der Waals surface area contributed by atoms with Gasteiger partial charge in [0.2, 0.25) is 0 Å². The first-order valence-corrected chi connectivity index (χ1v) is 4.86. The molecule has 0 aromatic heterocycles. The first-order valence-electron chi connectivity index (χ1n) is 4.86. The average molecular weight is 235 g/mol. The van der Waals surface area contributed by atoms with Gasteiger partial charge >= 0.3 is 5.97 Å². The minimum Gasteiger partial charge on any atom is -0.544 e. The number of carboxylic acids is 2. The van der Waals surface area contributed by atoms with E-state index in [1.807, 2.05) is 21.1 Å². The molecule has 0 radical (unpaired) electrons. The molecule has 0 unspecified atom stereocenters. The highest BCUT2D eigenvalue weighted by molar-refractivity contribution is 5.67. The van der Waals surface area contributed by atoms with Gasteiger partial charge in [-0.25, -0.2) is 4.79 Å². The standard InChI is InChI=1S/2C5H11NO2/c2*1-6(2,3)4-5(7)8/h2*4H2,1-3H3/p+1. The molecule has 1 N–H and O–H groups in total. The Morgan fingerprint density at radius 1 is 0.938 bits per heavy atom. The molecule has 0 aromatic carbocycles. The molecule has 0 aliphatic carbocycles. The summed E-state index contributed by atoms with van der Waals surface area (Å²) >= 11 is 0. The van der Waals surface area contributed by atoms with Crippen molar-refractivity contribution in [3.63, 3.8) is 0 Å². The summed E-state index contributed by atoms with van der Waals surface area (Å²) in [6.07, 6.45) is 0. The van der Waals surface area contributed by atoms with E-state index in [0.29, 0.717) is 8.97 Å². The number of carbonyl (C=O) groups excluding carboxylic acids is 1. The zero-order valence-electron chi connectivity index (χ0n) is 11.0. The molecular formula is C10H23N2O4+. The van der Waals surface area contributed by atoms with Crippen LogP contribution < -0.4 is 5.11 Å². The summed E-state index contributed by atoms with van der Waals surface area (Å²) in [4.78, 5) is 19.9. The van der Waals surface area contributed by atoms with Gasteiger partial charge in [-0.15, -0.1) is 0 Å². The van der Waals surface area contributed by atoms with Crippen LogP contribution in [-0.4, -0.2) is 81.4 Å². The molecule has 0 saturated heterocycles. The number of nitrogens with zero attached hydrogens (tertiary/aromatic N) is 2. The van der Waals surface area contributed by atoms with Gasteiger partial charge in [0.25, 0.3) is 0 Å². The molecular weight excluding hydrogens is 212 g/mol. The number of aliphatic carboxylic acids is 2. The molecule has 6 nitrogen and oxygen atoms in total. The average Bonchev–Trinajstić information content (AvgIpc) is 1.72. The number of hydrogen-bond acceptors (Lipinski definition) is 3. The maximum atomic E-state index is 10.00. The molecule has 0 bridgehead atoms. The molecule has 96 valence electrons. The van der Waals surface area contributed by atoms with Crippen molar-refractivity contribution in [1.82, 2.24) is 0 Å². The number of rotatable bonds is 4. The summed E-state index contributed by atoms with van der Waals surface area (Å²) in [5, 5.41) is 18.1. The minimum atomic E-state index is -1.00. The summed E-state index contributed by atoms with van der Waals surface area (Å²) in [6.45, 7) is 0.250. The molecule has 0 saturated carbocycles. The third-order valence-electron chi connectivity index (χ3n) is 1.21. The van der Waals surface area contributed by atoms with Crippen LogP contribution in [0.4, 0.5) is 0 Å². The molecule has 6 heteroatoms. The molecule has 0 aromatic rings. The van der Waals surface area contributed by atoms with Gasteiger partial charge < -0.3 is 24.0 Å². The summed E-state index contributed by atoms with van der Waals surface area (Å²) in [6, 6.07) is 0. The Morgan fingerprint density at radius 2 is 1.25 bits per heavy atom. The second-order valence-corrected chi connectivity index (χ2v) is 5.66. The van der Waals surface area contributed by atoms with Crippen molar-refractivity contribution >= 4 is 11.9 Å². The number of quaternary nitrogens is 2. The highest BCUT2D eigenvalue weighted by Gasteiger charge is 2.11. The highest BCUT2D eigenvalue weighted by Crippen LogP contribution is 1.86. The van der Waals surface area contributed by atoms with Crippen LogP contribution in [0.1, 0.15) is 0 Å². The van der Waals surface area contributed by atoms with Crippen LogP contribution in [0.25, 0.3) is 0 Å². The van der Waals surface area contributed by atoms with Crippen molar-refractivity contribution in [2.24, 2.45) is 0 Å². The molecule has 16 heavy (non-hydrogen) atoms. The lowest BCUT2D eigenvalue weighted by atomic mass is 10.5. The van der Waals surface area contributed by atoms with Crippen molar-refractivity contribution < 1.29 is 28.8 Å². The van der Waals surface area contributed by atoms with Gasteiger partial charge in [0.05, 0.1) is 48.3 Å². The predicted octanol–water partition coefficient (Wildman–Crippen LogP) is -1.78. The third-order valence-corrected chi connectivity index (χ3v) is 1.21. The predicted molar refractivity (Wildman–Crippen MR) is 58.4 cm³/mol. The first kappa shape index (κ1) is 17.3. The van der Waals surface area contributed by atoms with Crippen LogP contribution in [0, 0.1) is 0 Å². The van der Waals surface area contributed by atoms with Gasteiger partial charge in [-0.2, -0.15) is 0 Å². The number of carbonyl (C=O) groups is 2. The Morgan fingerprint density at radius 3 is 1.25 bits per heavy atom. The van der Waals surface area contributed by atoms with E-state index in [4.69, 9.17) is 5.11 Å². The van der Waals surface area contributed by atoms with Gasteiger partial charge in [-0.3, -0.25) is 0 Å². The largest absolute Gasteiger partial charge is 0.544 e. The van der Waals surface area contributed by atoms with E-state index < -0.39 is 11.9 Å². The van der Waals surface area contributed by atoms with E-state index >= 15 is 0 Å². The van der Waals surface area contributed by atoms with E-state index in [2.05, 4.69) is 0 Å². The normalized spacial score (nSPS) is 11.4. The Bertz CT molecular complexity index is 212. The fourth-order valence-electron chi connectivity index (χ4n) is 0.793. The molecule has 0 spiro atoms. The zero-order valence-corrected chi connectivity index (χ0v) is 11.0. The monoisotopic (exact) mass is 235 g/mol. The van der Waals surface area contributed by atoms with Crippen LogP contribution in [0.5, 0.6) is 0 Å². The first-order chi connectivity index (χ1) is 6.83. The van der Waals surface area contributed by atoms with Crippen LogP contribution in [0.15, 0.2) is 0 Å². The Balaban J connectivity index is 0. The van der Waals surface area contributed by atoms with Crippen molar-refractivity contribution in [3.8, 4) is 0 Å². The van der Waals surface area contributed by atoms with E-state index in [9.17, 15) is 14.7 Å². The number of carboxylic acid groups (broad SMARTS) is 2. The van der Waals surface area contributed by atoms with Crippen molar-refractivity contribution in [1.29, 1.82) is 0 Å². The molecule has 0 fully saturated rings. The Labute approximate surface area is 96.9 Å². The lowest BCUT2D eigenvalue weighted by Crippen LogP contribution is -2.45. The fourth-order valence-corrected chi connectivity index (χ4v) is 0.793. The quantitative estimate of drug-likeness (QED) is 0.584. The zero-order chi connectivity index (χ0) is 13.6. The van der Waals surface area contributed by atoms with Gasteiger partial charge in [-0.1, -0.05) is 0 Å². The van der Waals surface area contributed by atoms with Gasteiger partial charge in [0.1, 0.15) is 6.54 Å². The van der Waals surface area contributed by atoms with Crippen molar-refractivity contribution in [2.45, 2.75) is 0 Å². The second-order valence-electron chi connectivity index (χ2n) is 5.66. The SMILES string of the molecule is C[N+](C)(C)CC(=O)O.C[N+](C)(C)CC(=O)[O-]. The lowest BCUT2D eigenvalue weighted by molar-refractivity contribution is -0.864. The topological polar surface area (TPSA) is 77.4 Å². The molecule has 0 aliphatic rings. The van der Waals surface area contributed by atoms with E-state index in [1.165, 1.54) is 0 Å². The lowest BCUT2D eigenvalue weighted by Gasteiger charge is -2.23. The summed E-state index contributed by atoms with van der Waals surface area (Å²) < 4.78 is 0.900. The van der Waals surface area contributed by atoms with E-state index in [-0.39, 0.29) is 13.1 Å². The van der Waals surface area contributed by atoms with Gasteiger partial charge in [-0.05, 0) is 0 Å². The summed E-state index contributed by atoms with van der Waals surface area (Å²) in [7, 11) is 10.9. The van der Waals surface area contributed by atoms with Crippen molar-refractivity contribution in [3.05, 3.63) is 0 Å². The van der Waals surface area contributed by atoms with Crippen LogP contribution in [-0.2, 0) is 9.59 Å². The van der Waals surface area contributed by atoms with Gasteiger partial charge in [0, 0.05) is 0 Å². The number of likely N-dealkylation sites (N-methyl/N-ethyl adjacent to an activating group) is 2. The molecule has 0 amide bonds. The van der Waals surface area contributed by atoms with Gasteiger partial charge in [0.15, 0.2) is 6.54 Å². The van der Waals surface area contributed by atoms with Crippen LogP contribution in [0.2, 0.25) is 0 Å². The highest BCUT2D eigenvalue weighted by atomic mass is 16.4. The Kier molecular flexibility index (Phi) is 6.95. The Hall–Kier alpha value is -1.14. The molecule has 0 heterocycles. The summed E-state index contributed by atoms with van der Waals surface area (Å²) in [5.41, 5.74) is 0. The smallest absolute Gasteiger partial charge is 0.359 e. The van der Waals surface area contributed by atoms with E-state index in [1.54, 1.807) is 21.1 Å². The fraction of sp³-hybridized carbons (Fsp3) is 0.800. The number of hydrogen-bond donors (Lipinski definition) is 1. The van der Waals surface area contributed by atoms with Crippen molar-refractivity contribution in [2.75, 3.05) is 55.4 Å². The maximum Gasteiger partial charge on any atom is 0.359 e.